The van der Waals surface area contributed by atoms with Crippen molar-refractivity contribution in [1.29, 1.82) is 0 Å². The van der Waals surface area contributed by atoms with Crippen LogP contribution in [-0.2, 0) is 19.1 Å². The van der Waals surface area contributed by atoms with Crippen LogP contribution in [0.4, 0.5) is 0 Å². The van der Waals surface area contributed by atoms with Gasteiger partial charge in [0.2, 0.25) is 0 Å². The van der Waals surface area contributed by atoms with Crippen LogP contribution in [0.3, 0.4) is 0 Å². The van der Waals surface area contributed by atoms with E-state index in [0.717, 1.165) is 5.56 Å². The number of nitrogens with one attached hydrogen (secondary N) is 1. The molecule has 23 heavy (non-hydrogen) atoms. The van der Waals surface area contributed by atoms with Crippen LogP contribution in [0.15, 0.2) is 30.3 Å². The first-order chi connectivity index (χ1) is 10.9. The number of carbonyl (C=O) groups excluding carboxylic acids is 2. The Hall–Kier alpha value is -1.88. The summed E-state index contributed by atoms with van der Waals surface area (Å²) in [7, 11) is 0. The van der Waals surface area contributed by atoms with Crippen LogP contribution in [0.1, 0.15) is 45.7 Å². The molecule has 0 bridgehead atoms. The number of rotatable bonds is 5. The van der Waals surface area contributed by atoms with Gasteiger partial charge in [0.25, 0.3) is 0 Å². The normalized spacial score (nSPS) is 27.0. The number of hydrogen-bond donors (Lipinski definition) is 1. The van der Waals surface area contributed by atoms with Gasteiger partial charge in [-0.05, 0) is 39.7 Å². The Balaban J connectivity index is 2.28. The Morgan fingerprint density at radius 1 is 1.30 bits per heavy atom. The minimum atomic E-state index is -0.901. The molecule has 0 aromatic heterocycles. The van der Waals surface area contributed by atoms with Crippen LogP contribution < -0.4 is 5.32 Å². The Morgan fingerprint density at radius 2 is 1.96 bits per heavy atom. The van der Waals surface area contributed by atoms with E-state index in [9.17, 15) is 9.59 Å². The zero-order valence-electron chi connectivity index (χ0n) is 14.2. The number of carbonyl (C=O) groups is 2. The average Bonchev–Trinajstić information content (AvgIpc) is 2.87. The van der Waals surface area contributed by atoms with Gasteiger partial charge in [-0.3, -0.25) is 14.9 Å². The fourth-order valence-electron chi connectivity index (χ4n) is 2.99. The zero-order valence-corrected chi connectivity index (χ0v) is 14.2. The second-order valence-electron chi connectivity index (χ2n) is 6.38. The Labute approximate surface area is 137 Å². The average molecular weight is 319 g/mol. The van der Waals surface area contributed by atoms with Crippen LogP contribution in [0.25, 0.3) is 0 Å². The Morgan fingerprint density at radius 3 is 2.52 bits per heavy atom. The van der Waals surface area contributed by atoms with Gasteiger partial charge in [0.05, 0.1) is 18.6 Å². The first-order valence-corrected chi connectivity index (χ1v) is 8.07. The molecule has 0 radical (unpaired) electrons. The summed E-state index contributed by atoms with van der Waals surface area (Å²) in [5.41, 5.74) is 0.0639. The topological polar surface area (TPSA) is 64.6 Å². The Kier molecular flexibility index (Phi) is 5.42. The number of benzene rings is 1. The number of esters is 2. The summed E-state index contributed by atoms with van der Waals surface area (Å²) in [6, 6.07) is 9.39. The molecule has 0 spiro atoms. The van der Waals surface area contributed by atoms with Gasteiger partial charge in [0.15, 0.2) is 0 Å². The Bertz CT molecular complexity index is 557. The van der Waals surface area contributed by atoms with Gasteiger partial charge in [-0.2, -0.15) is 0 Å². The molecule has 0 saturated carbocycles. The predicted octanol–water partition coefficient (Wildman–Crippen LogP) is 2.61. The molecule has 1 aliphatic heterocycles. The lowest BCUT2D eigenvalue weighted by molar-refractivity contribution is -0.154. The molecule has 0 aliphatic carbocycles. The minimum absolute atomic E-state index is 0.196. The van der Waals surface area contributed by atoms with Crippen molar-refractivity contribution in [3.8, 4) is 0 Å². The van der Waals surface area contributed by atoms with E-state index in [-0.39, 0.29) is 24.1 Å². The highest BCUT2D eigenvalue weighted by molar-refractivity contribution is 5.84. The zero-order chi connectivity index (χ0) is 17.0. The molecule has 1 saturated heterocycles. The molecule has 5 heteroatoms. The quantitative estimate of drug-likeness (QED) is 0.845. The van der Waals surface area contributed by atoms with Crippen molar-refractivity contribution >= 4 is 11.9 Å². The molecule has 126 valence electrons. The maximum Gasteiger partial charge on any atom is 0.326 e. The SMILES string of the molecule is CCOC(=O)[C@@H]1CC(C)(C(=O)OC(C)C)N[C@H]1c1ccccc1. The van der Waals surface area contributed by atoms with E-state index < -0.39 is 11.5 Å². The molecule has 1 aromatic carbocycles. The van der Waals surface area contributed by atoms with Crippen LogP contribution in [0, 0.1) is 5.92 Å². The summed E-state index contributed by atoms with van der Waals surface area (Å²) in [5, 5.41) is 3.30. The molecular weight excluding hydrogens is 294 g/mol. The summed E-state index contributed by atoms with van der Waals surface area (Å²) in [6.07, 6.45) is 0.162. The monoisotopic (exact) mass is 319 g/mol. The molecule has 1 fully saturated rings. The molecule has 5 nitrogen and oxygen atoms in total. The molecule has 2 rings (SSSR count). The summed E-state index contributed by atoms with van der Waals surface area (Å²) in [4.78, 5) is 24.8. The third kappa shape index (κ3) is 3.91. The van der Waals surface area contributed by atoms with Crippen molar-refractivity contribution in [1.82, 2.24) is 5.32 Å². The third-order valence-electron chi connectivity index (χ3n) is 4.05. The number of ether oxygens (including phenoxy) is 2. The van der Waals surface area contributed by atoms with Gasteiger partial charge < -0.3 is 9.47 Å². The van der Waals surface area contributed by atoms with Gasteiger partial charge in [0, 0.05) is 6.04 Å². The van der Waals surface area contributed by atoms with Crippen LogP contribution in [0.2, 0.25) is 0 Å². The van der Waals surface area contributed by atoms with Gasteiger partial charge in [-0.15, -0.1) is 0 Å². The summed E-state index contributed by atoms with van der Waals surface area (Å²) < 4.78 is 10.6. The second kappa shape index (κ2) is 7.13. The van der Waals surface area contributed by atoms with Gasteiger partial charge >= 0.3 is 11.9 Å². The molecule has 1 heterocycles. The molecule has 1 unspecified atom stereocenters. The highest BCUT2D eigenvalue weighted by atomic mass is 16.5. The molecule has 1 aromatic rings. The van der Waals surface area contributed by atoms with Crippen LogP contribution in [0.5, 0.6) is 0 Å². The molecule has 1 aliphatic rings. The van der Waals surface area contributed by atoms with Crippen LogP contribution >= 0.6 is 0 Å². The van der Waals surface area contributed by atoms with Crippen molar-refractivity contribution in [2.75, 3.05) is 6.61 Å². The molecular formula is C18H25NO4. The first-order valence-electron chi connectivity index (χ1n) is 8.07. The minimum Gasteiger partial charge on any atom is -0.466 e. The van der Waals surface area contributed by atoms with Crippen molar-refractivity contribution < 1.29 is 19.1 Å². The van der Waals surface area contributed by atoms with E-state index in [1.807, 2.05) is 44.2 Å². The van der Waals surface area contributed by atoms with Crippen molar-refractivity contribution in [2.45, 2.75) is 51.8 Å². The number of hydrogen-bond acceptors (Lipinski definition) is 5. The second-order valence-corrected chi connectivity index (χ2v) is 6.38. The van der Waals surface area contributed by atoms with E-state index in [1.54, 1.807) is 13.8 Å². The van der Waals surface area contributed by atoms with Crippen molar-refractivity contribution in [2.24, 2.45) is 5.92 Å². The standard InChI is InChI=1S/C18H25NO4/c1-5-22-16(20)14-11-18(4,17(21)23-12(2)3)19-15(14)13-9-7-6-8-10-13/h6-10,12,14-15,19H,5,11H2,1-4H3/t14-,15+,18?/m1/s1. The van der Waals surface area contributed by atoms with E-state index in [2.05, 4.69) is 5.32 Å². The predicted molar refractivity (Wildman–Crippen MR) is 86.7 cm³/mol. The summed E-state index contributed by atoms with van der Waals surface area (Å²) >= 11 is 0. The van der Waals surface area contributed by atoms with E-state index in [4.69, 9.17) is 9.47 Å². The molecule has 3 atom stereocenters. The lowest BCUT2D eigenvalue weighted by Gasteiger charge is -2.25. The molecule has 0 amide bonds. The summed E-state index contributed by atoms with van der Waals surface area (Å²) in [6.45, 7) is 7.52. The lowest BCUT2D eigenvalue weighted by atomic mass is 9.90. The van der Waals surface area contributed by atoms with Gasteiger partial charge in [0.1, 0.15) is 5.54 Å². The smallest absolute Gasteiger partial charge is 0.326 e. The fourth-order valence-corrected chi connectivity index (χ4v) is 2.99. The maximum atomic E-state index is 12.4. The van der Waals surface area contributed by atoms with Gasteiger partial charge in [-0.25, -0.2) is 0 Å². The highest BCUT2D eigenvalue weighted by Crippen LogP contribution is 2.39. The third-order valence-corrected chi connectivity index (χ3v) is 4.05. The van der Waals surface area contributed by atoms with Crippen LogP contribution in [-0.4, -0.2) is 30.2 Å². The van der Waals surface area contributed by atoms with Gasteiger partial charge in [-0.1, -0.05) is 30.3 Å². The van der Waals surface area contributed by atoms with Crippen molar-refractivity contribution in [3.05, 3.63) is 35.9 Å². The highest BCUT2D eigenvalue weighted by Gasteiger charge is 2.51. The van der Waals surface area contributed by atoms with E-state index >= 15 is 0 Å². The van der Waals surface area contributed by atoms with E-state index in [0.29, 0.717) is 13.0 Å². The lowest BCUT2D eigenvalue weighted by Crippen LogP contribution is -2.47. The van der Waals surface area contributed by atoms with E-state index in [1.165, 1.54) is 0 Å². The maximum absolute atomic E-state index is 12.4. The largest absolute Gasteiger partial charge is 0.466 e. The van der Waals surface area contributed by atoms with Crippen molar-refractivity contribution in [3.63, 3.8) is 0 Å². The molecule has 1 N–H and O–H groups in total. The summed E-state index contributed by atoms with van der Waals surface area (Å²) in [5.74, 6) is -1.03. The first kappa shape index (κ1) is 17.5. The fraction of sp³-hybridized carbons (Fsp3) is 0.556.